The normalized spacial score (nSPS) is 10.8. The van der Waals surface area contributed by atoms with Crippen LogP contribution in [0.3, 0.4) is 0 Å². The molecule has 1 aromatic heterocycles. The number of rotatable bonds is 3. The third-order valence-electron chi connectivity index (χ3n) is 3.07. The molecule has 96 valence electrons. The van der Waals surface area contributed by atoms with E-state index in [2.05, 4.69) is 16.4 Å². The summed E-state index contributed by atoms with van der Waals surface area (Å²) in [5.41, 5.74) is 2.97. The topological polar surface area (TPSA) is 27.8 Å². The van der Waals surface area contributed by atoms with E-state index >= 15 is 0 Å². The minimum absolute atomic E-state index is 0.331. The summed E-state index contributed by atoms with van der Waals surface area (Å²) in [5, 5.41) is 4.78. The van der Waals surface area contributed by atoms with E-state index in [1.165, 1.54) is 17.5 Å². The van der Waals surface area contributed by atoms with E-state index in [1.54, 1.807) is 6.07 Å². The third kappa shape index (κ3) is 2.42. The Labute approximate surface area is 115 Å². The second-order valence-electron chi connectivity index (χ2n) is 4.34. The minimum atomic E-state index is -0.331. The van der Waals surface area contributed by atoms with Crippen LogP contribution in [-0.2, 0) is 6.54 Å². The number of nitrogens with one attached hydrogen (secondary N) is 2. The van der Waals surface area contributed by atoms with Gasteiger partial charge in [0.2, 0.25) is 0 Å². The second kappa shape index (κ2) is 4.94. The smallest absolute Gasteiger partial charge is 0.124 e. The summed E-state index contributed by atoms with van der Waals surface area (Å²) in [6, 6.07) is 12.5. The molecule has 0 fully saturated rings. The van der Waals surface area contributed by atoms with Crippen molar-refractivity contribution in [3.05, 3.63) is 65.1 Å². The highest BCUT2D eigenvalue weighted by molar-refractivity contribution is 6.33. The molecule has 1 heterocycles. The Hall–Kier alpha value is -2.00. The molecule has 0 aliphatic heterocycles. The minimum Gasteiger partial charge on any atom is -0.380 e. The lowest BCUT2D eigenvalue weighted by molar-refractivity contribution is 0.628. The molecule has 2 aromatic carbocycles. The van der Waals surface area contributed by atoms with Crippen molar-refractivity contribution in [3.63, 3.8) is 0 Å². The van der Waals surface area contributed by atoms with Crippen LogP contribution in [0.2, 0.25) is 5.02 Å². The molecule has 0 bridgehead atoms. The Kier molecular flexibility index (Phi) is 3.13. The summed E-state index contributed by atoms with van der Waals surface area (Å²) < 4.78 is 13.0. The predicted octanol–water partition coefficient (Wildman–Crippen LogP) is 4.57. The Morgan fingerprint density at radius 1 is 1.16 bits per heavy atom. The van der Waals surface area contributed by atoms with Crippen LogP contribution < -0.4 is 5.32 Å². The van der Waals surface area contributed by atoms with E-state index in [1.807, 2.05) is 24.4 Å². The molecule has 0 amide bonds. The lowest BCUT2D eigenvalue weighted by atomic mass is 10.1. The molecule has 19 heavy (non-hydrogen) atoms. The molecular weight excluding hydrogens is 263 g/mol. The van der Waals surface area contributed by atoms with E-state index in [9.17, 15) is 4.39 Å². The summed E-state index contributed by atoms with van der Waals surface area (Å²) in [6.45, 7) is 0.628. The summed E-state index contributed by atoms with van der Waals surface area (Å²) in [5.74, 6) is -0.331. The van der Waals surface area contributed by atoms with E-state index < -0.39 is 0 Å². The fourth-order valence-corrected chi connectivity index (χ4v) is 2.35. The lowest BCUT2D eigenvalue weighted by Crippen LogP contribution is -2.00. The van der Waals surface area contributed by atoms with Crippen molar-refractivity contribution >= 4 is 28.2 Å². The molecule has 2 N–H and O–H groups in total. The van der Waals surface area contributed by atoms with Gasteiger partial charge in [-0.2, -0.15) is 0 Å². The quantitative estimate of drug-likeness (QED) is 0.719. The average molecular weight is 275 g/mol. The van der Waals surface area contributed by atoms with Crippen LogP contribution in [0, 0.1) is 5.82 Å². The Balaban J connectivity index is 1.84. The van der Waals surface area contributed by atoms with Crippen molar-refractivity contribution in [2.24, 2.45) is 0 Å². The molecule has 0 aliphatic rings. The second-order valence-corrected chi connectivity index (χ2v) is 4.74. The van der Waals surface area contributed by atoms with E-state index in [0.29, 0.717) is 11.6 Å². The van der Waals surface area contributed by atoms with Crippen LogP contribution in [0.25, 0.3) is 10.9 Å². The van der Waals surface area contributed by atoms with Gasteiger partial charge in [-0.05, 0) is 35.2 Å². The summed E-state index contributed by atoms with van der Waals surface area (Å²) >= 11 is 5.98. The highest BCUT2D eigenvalue weighted by Gasteiger charge is 2.04. The van der Waals surface area contributed by atoms with Gasteiger partial charge in [-0.1, -0.05) is 29.8 Å². The number of hydrogen-bond acceptors (Lipinski definition) is 1. The van der Waals surface area contributed by atoms with Crippen LogP contribution in [-0.4, -0.2) is 4.98 Å². The first-order valence-electron chi connectivity index (χ1n) is 5.98. The van der Waals surface area contributed by atoms with Gasteiger partial charge >= 0.3 is 0 Å². The zero-order chi connectivity index (χ0) is 13.2. The molecule has 2 nitrogen and oxygen atoms in total. The molecule has 0 radical (unpaired) electrons. The van der Waals surface area contributed by atoms with Gasteiger partial charge in [0, 0.05) is 12.7 Å². The van der Waals surface area contributed by atoms with Crippen LogP contribution in [0.4, 0.5) is 10.1 Å². The maximum Gasteiger partial charge on any atom is 0.124 e. The Morgan fingerprint density at radius 3 is 2.89 bits per heavy atom. The number of anilines is 1. The van der Waals surface area contributed by atoms with Gasteiger partial charge in [0.25, 0.3) is 0 Å². The first-order valence-corrected chi connectivity index (χ1v) is 6.36. The van der Waals surface area contributed by atoms with E-state index in [4.69, 9.17) is 11.6 Å². The predicted molar refractivity (Wildman–Crippen MR) is 77.0 cm³/mol. The van der Waals surface area contributed by atoms with Crippen LogP contribution in [0.15, 0.2) is 48.7 Å². The number of aromatic amines is 1. The van der Waals surface area contributed by atoms with Crippen molar-refractivity contribution in [2.45, 2.75) is 6.54 Å². The van der Waals surface area contributed by atoms with Gasteiger partial charge in [0.05, 0.1) is 16.2 Å². The number of halogens is 2. The van der Waals surface area contributed by atoms with Gasteiger partial charge in [-0.3, -0.25) is 0 Å². The standard InChI is InChI=1S/C15H12ClFN2/c16-13-8-12(17)4-5-14(13)19-9-11-3-1-2-10-6-7-18-15(10)11/h1-8,18-19H,9H2. The summed E-state index contributed by atoms with van der Waals surface area (Å²) in [4.78, 5) is 3.22. The van der Waals surface area contributed by atoms with Crippen molar-refractivity contribution in [3.8, 4) is 0 Å². The number of benzene rings is 2. The fourth-order valence-electron chi connectivity index (χ4n) is 2.12. The molecule has 0 aliphatic carbocycles. The van der Waals surface area contributed by atoms with Gasteiger partial charge in [0.15, 0.2) is 0 Å². The first kappa shape index (κ1) is 12.1. The number of hydrogen-bond donors (Lipinski definition) is 2. The number of fused-ring (bicyclic) bond motifs is 1. The average Bonchev–Trinajstić information content (AvgIpc) is 2.86. The van der Waals surface area contributed by atoms with Crippen molar-refractivity contribution in [1.29, 1.82) is 0 Å². The highest BCUT2D eigenvalue weighted by atomic mass is 35.5. The van der Waals surface area contributed by atoms with Gasteiger partial charge in [-0.25, -0.2) is 4.39 Å². The molecule has 3 rings (SSSR count). The molecule has 4 heteroatoms. The largest absolute Gasteiger partial charge is 0.380 e. The SMILES string of the molecule is Fc1ccc(NCc2cccc3cc[nH]c23)c(Cl)c1. The molecule has 0 atom stereocenters. The zero-order valence-electron chi connectivity index (χ0n) is 10.1. The van der Waals surface area contributed by atoms with Gasteiger partial charge in [-0.15, -0.1) is 0 Å². The molecule has 0 saturated carbocycles. The van der Waals surface area contributed by atoms with Crippen molar-refractivity contribution in [2.75, 3.05) is 5.32 Å². The van der Waals surface area contributed by atoms with Crippen LogP contribution in [0.1, 0.15) is 5.56 Å². The van der Waals surface area contributed by atoms with Gasteiger partial charge in [0.1, 0.15) is 5.82 Å². The molecule has 0 saturated heterocycles. The molecule has 0 spiro atoms. The Morgan fingerprint density at radius 2 is 2.05 bits per heavy atom. The summed E-state index contributed by atoms with van der Waals surface area (Å²) in [7, 11) is 0. The van der Waals surface area contributed by atoms with Crippen LogP contribution >= 0.6 is 11.6 Å². The fraction of sp³-hybridized carbons (Fsp3) is 0.0667. The molecule has 0 unspecified atom stereocenters. The first-order chi connectivity index (χ1) is 9.24. The zero-order valence-corrected chi connectivity index (χ0v) is 10.8. The third-order valence-corrected chi connectivity index (χ3v) is 3.39. The van der Waals surface area contributed by atoms with Gasteiger partial charge < -0.3 is 10.3 Å². The lowest BCUT2D eigenvalue weighted by Gasteiger charge is -2.09. The van der Waals surface area contributed by atoms with Crippen molar-refractivity contribution < 1.29 is 4.39 Å². The van der Waals surface area contributed by atoms with Crippen molar-refractivity contribution in [1.82, 2.24) is 4.98 Å². The molecule has 3 aromatic rings. The van der Waals surface area contributed by atoms with E-state index in [-0.39, 0.29) is 5.82 Å². The summed E-state index contributed by atoms with van der Waals surface area (Å²) in [6.07, 6.45) is 1.92. The monoisotopic (exact) mass is 274 g/mol. The van der Waals surface area contributed by atoms with E-state index in [0.717, 1.165) is 16.8 Å². The number of para-hydroxylation sites is 1. The maximum atomic E-state index is 13.0. The molecular formula is C15H12ClFN2. The number of H-pyrrole nitrogens is 1. The Bertz CT molecular complexity index is 721. The number of aromatic nitrogens is 1. The maximum absolute atomic E-state index is 13.0. The van der Waals surface area contributed by atoms with Crippen LogP contribution in [0.5, 0.6) is 0 Å². The highest BCUT2D eigenvalue weighted by Crippen LogP contribution is 2.24.